The number of benzene rings is 1. The summed E-state index contributed by atoms with van der Waals surface area (Å²) >= 11 is 0. The van der Waals surface area contributed by atoms with Crippen LogP contribution in [0.1, 0.15) is 13.8 Å². The molecule has 17 heavy (non-hydrogen) atoms. The summed E-state index contributed by atoms with van der Waals surface area (Å²) in [6.45, 7) is 3.35. The lowest BCUT2D eigenvalue weighted by Gasteiger charge is -2.07. The largest absolute Gasteiger partial charge is 0.464 e. The van der Waals surface area contributed by atoms with E-state index in [1.807, 2.05) is 6.07 Å². The Bertz CT molecular complexity index is 578. The fraction of sp³-hybridized carbons (Fsp3) is 0.231. The maximum absolute atomic E-state index is 11.9. The average molecular weight is 250 g/mol. The summed E-state index contributed by atoms with van der Waals surface area (Å²) in [5.74, 6) is 0.735. The molecule has 0 unspecified atom stereocenters. The Morgan fingerprint density at radius 3 is 2.18 bits per heavy atom. The fourth-order valence-electron chi connectivity index (χ4n) is 1.52. The highest BCUT2D eigenvalue weighted by atomic mass is 32.2. The van der Waals surface area contributed by atoms with E-state index in [1.165, 1.54) is 0 Å². The molecule has 0 atom stereocenters. The van der Waals surface area contributed by atoms with Gasteiger partial charge in [-0.05, 0) is 50.2 Å². The second-order valence-corrected chi connectivity index (χ2v) is 6.60. The van der Waals surface area contributed by atoms with E-state index in [0.717, 1.165) is 11.3 Å². The molecule has 0 saturated carbocycles. The molecular weight excluding hydrogens is 236 g/mol. The minimum Gasteiger partial charge on any atom is -0.464 e. The Labute approximate surface area is 101 Å². The second kappa shape index (κ2) is 4.37. The first kappa shape index (κ1) is 11.9. The molecule has 0 fully saturated rings. The van der Waals surface area contributed by atoms with Crippen molar-refractivity contribution in [2.75, 3.05) is 0 Å². The molecule has 90 valence electrons. The predicted molar refractivity (Wildman–Crippen MR) is 66.5 cm³/mol. The molecule has 1 heterocycles. The molecular formula is C13H14O3S. The lowest BCUT2D eigenvalue weighted by atomic mass is 10.2. The Balaban J connectivity index is 2.38. The Morgan fingerprint density at radius 1 is 1.06 bits per heavy atom. The average Bonchev–Trinajstić information content (AvgIpc) is 2.82. The van der Waals surface area contributed by atoms with Crippen LogP contribution in [0.2, 0.25) is 0 Å². The summed E-state index contributed by atoms with van der Waals surface area (Å²) in [5, 5.41) is -0.406. The highest BCUT2D eigenvalue weighted by molar-refractivity contribution is 7.92. The van der Waals surface area contributed by atoms with Gasteiger partial charge in [0.05, 0.1) is 16.4 Å². The molecule has 0 aliphatic rings. The lowest BCUT2D eigenvalue weighted by Crippen LogP contribution is -2.13. The van der Waals surface area contributed by atoms with Crippen LogP contribution in [0.3, 0.4) is 0 Å². The monoisotopic (exact) mass is 250 g/mol. The Kier molecular flexibility index (Phi) is 3.07. The van der Waals surface area contributed by atoms with Crippen LogP contribution in [0.15, 0.2) is 52.0 Å². The first-order valence-corrected chi connectivity index (χ1v) is 6.94. The smallest absolute Gasteiger partial charge is 0.180 e. The lowest BCUT2D eigenvalue weighted by molar-refractivity contribution is 0.581. The summed E-state index contributed by atoms with van der Waals surface area (Å²) in [5.41, 5.74) is 0.873. The molecule has 0 bridgehead atoms. The third-order valence-electron chi connectivity index (χ3n) is 2.61. The fourth-order valence-corrected chi connectivity index (χ4v) is 2.58. The van der Waals surface area contributed by atoms with E-state index in [2.05, 4.69) is 0 Å². The van der Waals surface area contributed by atoms with Crippen LogP contribution in [-0.4, -0.2) is 13.7 Å². The van der Waals surface area contributed by atoms with E-state index in [0.29, 0.717) is 4.90 Å². The molecule has 0 N–H and O–H groups in total. The highest BCUT2D eigenvalue weighted by Gasteiger charge is 2.18. The molecule has 0 aliphatic heterocycles. The number of furan rings is 1. The quantitative estimate of drug-likeness (QED) is 0.840. The molecule has 1 aromatic carbocycles. The normalized spacial score (nSPS) is 11.9. The van der Waals surface area contributed by atoms with Crippen LogP contribution in [0.4, 0.5) is 0 Å². The third kappa shape index (κ3) is 2.26. The van der Waals surface area contributed by atoms with Crippen molar-refractivity contribution in [3.63, 3.8) is 0 Å². The van der Waals surface area contributed by atoms with Crippen LogP contribution < -0.4 is 0 Å². The van der Waals surface area contributed by atoms with Gasteiger partial charge in [-0.3, -0.25) is 0 Å². The van der Waals surface area contributed by atoms with E-state index in [1.54, 1.807) is 50.4 Å². The maximum Gasteiger partial charge on any atom is 0.180 e. The van der Waals surface area contributed by atoms with Crippen molar-refractivity contribution in [1.29, 1.82) is 0 Å². The summed E-state index contributed by atoms with van der Waals surface area (Å²) in [6, 6.07) is 10.4. The number of rotatable bonds is 3. The van der Waals surface area contributed by atoms with Crippen molar-refractivity contribution in [3.05, 3.63) is 42.7 Å². The van der Waals surface area contributed by atoms with Gasteiger partial charge in [-0.2, -0.15) is 0 Å². The van der Waals surface area contributed by atoms with Gasteiger partial charge >= 0.3 is 0 Å². The van der Waals surface area contributed by atoms with Crippen molar-refractivity contribution < 1.29 is 12.8 Å². The zero-order chi connectivity index (χ0) is 12.5. The third-order valence-corrected chi connectivity index (χ3v) is 4.78. The van der Waals surface area contributed by atoms with Gasteiger partial charge in [-0.1, -0.05) is 0 Å². The van der Waals surface area contributed by atoms with Crippen molar-refractivity contribution in [2.45, 2.75) is 24.0 Å². The van der Waals surface area contributed by atoms with Crippen molar-refractivity contribution in [1.82, 2.24) is 0 Å². The number of sulfone groups is 1. The second-order valence-electron chi connectivity index (χ2n) is 4.10. The first-order chi connectivity index (χ1) is 8.01. The Morgan fingerprint density at radius 2 is 1.71 bits per heavy atom. The van der Waals surface area contributed by atoms with Crippen LogP contribution >= 0.6 is 0 Å². The zero-order valence-electron chi connectivity index (χ0n) is 9.75. The van der Waals surface area contributed by atoms with E-state index in [-0.39, 0.29) is 0 Å². The van der Waals surface area contributed by atoms with Crippen molar-refractivity contribution in [2.24, 2.45) is 0 Å². The topological polar surface area (TPSA) is 47.3 Å². The summed E-state index contributed by atoms with van der Waals surface area (Å²) < 4.78 is 29.1. The molecule has 0 saturated heterocycles. The minimum absolute atomic E-state index is 0.350. The van der Waals surface area contributed by atoms with Gasteiger partial charge in [0, 0.05) is 5.56 Å². The first-order valence-electron chi connectivity index (χ1n) is 5.39. The van der Waals surface area contributed by atoms with Gasteiger partial charge in [0.25, 0.3) is 0 Å². The SMILES string of the molecule is CC(C)S(=O)(=O)c1ccc(-c2ccco2)cc1. The van der Waals surface area contributed by atoms with Gasteiger partial charge in [0.2, 0.25) is 0 Å². The molecule has 1 aromatic heterocycles. The van der Waals surface area contributed by atoms with Crippen molar-refractivity contribution >= 4 is 9.84 Å². The summed E-state index contributed by atoms with van der Waals surface area (Å²) in [6.07, 6.45) is 1.59. The van der Waals surface area contributed by atoms with Gasteiger partial charge < -0.3 is 4.42 Å². The molecule has 3 nitrogen and oxygen atoms in total. The van der Waals surface area contributed by atoms with Gasteiger partial charge in [-0.15, -0.1) is 0 Å². The zero-order valence-corrected chi connectivity index (χ0v) is 10.6. The summed E-state index contributed by atoms with van der Waals surface area (Å²) in [4.78, 5) is 0.350. The molecule has 0 amide bonds. The van der Waals surface area contributed by atoms with E-state index in [9.17, 15) is 8.42 Å². The molecule has 0 radical (unpaired) electrons. The Hall–Kier alpha value is -1.55. The van der Waals surface area contributed by atoms with E-state index >= 15 is 0 Å². The van der Waals surface area contributed by atoms with Crippen molar-refractivity contribution in [3.8, 4) is 11.3 Å². The highest BCUT2D eigenvalue weighted by Crippen LogP contribution is 2.23. The summed E-state index contributed by atoms with van der Waals surface area (Å²) in [7, 11) is -3.19. The molecule has 2 rings (SSSR count). The predicted octanol–water partition coefficient (Wildman–Crippen LogP) is 3.13. The van der Waals surface area contributed by atoms with Crippen LogP contribution in [0.25, 0.3) is 11.3 Å². The van der Waals surface area contributed by atoms with Crippen LogP contribution in [-0.2, 0) is 9.84 Å². The molecule has 4 heteroatoms. The van der Waals surface area contributed by atoms with Gasteiger partial charge in [0.1, 0.15) is 5.76 Å². The molecule has 0 spiro atoms. The number of hydrogen-bond acceptors (Lipinski definition) is 3. The van der Waals surface area contributed by atoms with Gasteiger partial charge in [-0.25, -0.2) is 8.42 Å². The number of hydrogen-bond donors (Lipinski definition) is 0. The van der Waals surface area contributed by atoms with E-state index < -0.39 is 15.1 Å². The maximum atomic E-state index is 11.9. The van der Waals surface area contributed by atoms with Crippen LogP contribution in [0, 0.1) is 0 Å². The standard InChI is InChI=1S/C13H14O3S/c1-10(2)17(14,15)12-7-5-11(6-8-12)13-4-3-9-16-13/h3-10H,1-2H3. The van der Waals surface area contributed by atoms with Gasteiger partial charge in [0.15, 0.2) is 9.84 Å². The minimum atomic E-state index is -3.19. The molecule has 0 aliphatic carbocycles. The van der Waals surface area contributed by atoms with Crippen LogP contribution in [0.5, 0.6) is 0 Å². The molecule has 2 aromatic rings. The van der Waals surface area contributed by atoms with E-state index in [4.69, 9.17) is 4.42 Å².